The predicted octanol–water partition coefficient (Wildman–Crippen LogP) is 4.55. The molecule has 4 heteroatoms. The Balaban J connectivity index is 2.19. The van der Waals surface area contributed by atoms with Crippen LogP contribution in [0.2, 0.25) is 0 Å². The van der Waals surface area contributed by atoms with Gasteiger partial charge in [0.15, 0.2) is 5.82 Å². The van der Waals surface area contributed by atoms with Gasteiger partial charge in [-0.1, -0.05) is 30.3 Å². The largest absolute Gasteiger partial charge is 0.382 e. The van der Waals surface area contributed by atoms with Crippen molar-refractivity contribution in [2.75, 3.05) is 5.73 Å². The van der Waals surface area contributed by atoms with Crippen LogP contribution in [-0.4, -0.2) is 10.2 Å². The summed E-state index contributed by atoms with van der Waals surface area (Å²) in [4.78, 5) is 0. The van der Waals surface area contributed by atoms with Crippen LogP contribution in [0.15, 0.2) is 42.5 Å². The Kier molecular flexibility index (Phi) is 3.71. The number of H-pyrrole nitrogens is 1. The molecule has 1 aromatic heterocycles. The average Bonchev–Trinajstić information content (AvgIpc) is 2.84. The zero-order valence-electron chi connectivity index (χ0n) is 11.9. The number of nitrogens with two attached hydrogens (primary N) is 1. The van der Waals surface area contributed by atoms with Gasteiger partial charge in [-0.15, -0.1) is 0 Å². The van der Waals surface area contributed by atoms with Gasteiger partial charge in [0.1, 0.15) is 0 Å². The summed E-state index contributed by atoms with van der Waals surface area (Å²) in [7, 11) is 0. The van der Waals surface area contributed by atoms with Gasteiger partial charge in [-0.2, -0.15) is 5.10 Å². The standard InChI is InChI=1S/C17H16IN3/c1-10-6-7-12(8-11(10)2)15-16(20-21-17(15)19)13-4-3-5-14(18)9-13/h3-9H,1-2H3,(H3,19,20,21). The second kappa shape index (κ2) is 5.52. The number of nitrogens with one attached hydrogen (secondary N) is 1. The van der Waals surface area contributed by atoms with Crippen molar-refractivity contribution < 1.29 is 0 Å². The topological polar surface area (TPSA) is 54.7 Å². The van der Waals surface area contributed by atoms with E-state index >= 15 is 0 Å². The first-order chi connectivity index (χ1) is 10.1. The fourth-order valence-corrected chi connectivity index (χ4v) is 2.94. The molecule has 0 bridgehead atoms. The summed E-state index contributed by atoms with van der Waals surface area (Å²) in [6, 6.07) is 14.7. The second-order valence-corrected chi connectivity index (χ2v) is 6.41. The first-order valence-corrected chi connectivity index (χ1v) is 7.81. The van der Waals surface area contributed by atoms with E-state index in [2.05, 4.69) is 83.0 Å². The number of anilines is 1. The van der Waals surface area contributed by atoms with E-state index in [-0.39, 0.29) is 0 Å². The van der Waals surface area contributed by atoms with Crippen molar-refractivity contribution in [3.05, 3.63) is 57.2 Å². The Labute approximate surface area is 137 Å². The molecule has 3 nitrogen and oxygen atoms in total. The molecule has 3 rings (SSSR count). The van der Waals surface area contributed by atoms with E-state index in [1.807, 2.05) is 6.07 Å². The van der Waals surface area contributed by atoms with Crippen LogP contribution in [0, 0.1) is 17.4 Å². The van der Waals surface area contributed by atoms with Gasteiger partial charge in [0, 0.05) is 9.13 Å². The highest BCUT2D eigenvalue weighted by Gasteiger charge is 2.15. The van der Waals surface area contributed by atoms with E-state index in [0.717, 1.165) is 22.4 Å². The average molecular weight is 389 g/mol. The molecular weight excluding hydrogens is 373 g/mol. The van der Waals surface area contributed by atoms with Gasteiger partial charge in [0.05, 0.1) is 11.3 Å². The third-order valence-electron chi connectivity index (χ3n) is 3.70. The molecular formula is C17H16IN3. The minimum Gasteiger partial charge on any atom is -0.382 e. The van der Waals surface area contributed by atoms with E-state index < -0.39 is 0 Å². The minimum absolute atomic E-state index is 0.534. The lowest BCUT2D eigenvalue weighted by molar-refractivity contribution is 1.10. The van der Waals surface area contributed by atoms with Crippen LogP contribution in [0.1, 0.15) is 11.1 Å². The zero-order valence-corrected chi connectivity index (χ0v) is 14.1. The van der Waals surface area contributed by atoms with Gasteiger partial charge in [-0.05, 0) is 65.3 Å². The molecule has 0 saturated carbocycles. The highest BCUT2D eigenvalue weighted by molar-refractivity contribution is 14.1. The van der Waals surface area contributed by atoms with Gasteiger partial charge in [-0.25, -0.2) is 0 Å². The number of rotatable bonds is 2. The molecule has 0 amide bonds. The summed E-state index contributed by atoms with van der Waals surface area (Å²) in [5, 5.41) is 7.27. The van der Waals surface area contributed by atoms with Crippen LogP contribution < -0.4 is 5.73 Å². The zero-order chi connectivity index (χ0) is 15.0. The molecule has 0 atom stereocenters. The summed E-state index contributed by atoms with van der Waals surface area (Å²) in [6.45, 7) is 4.22. The number of aromatic amines is 1. The molecule has 0 aliphatic heterocycles. The number of hydrogen-bond donors (Lipinski definition) is 2. The molecule has 1 heterocycles. The first kappa shape index (κ1) is 14.1. The maximum absolute atomic E-state index is 6.09. The van der Waals surface area contributed by atoms with Crippen molar-refractivity contribution in [3.8, 4) is 22.4 Å². The van der Waals surface area contributed by atoms with E-state index in [1.165, 1.54) is 14.7 Å². The van der Waals surface area contributed by atoms with Crippen LogP contribution >= 0.6 is 22.6 Å². The summed E-state index contributed by atoms with van der Waals surface area (Å²) >= 11 is 2.31. The third-order valence-corrected chi connectivity index (χ3v) is 4.37. The number of nitrogens with zero attached hydrogens (tertiary/aromatic N) is 1. The molecule has 2 aromatic carbocycles. The number of benzene rings is 2. The quantitative estimate of drug-likeness (QED) is 0.632. The first-order valence-electron chi connectivity index (χ1n) is 6.73. The highest BCUT2D eigenvalue weighted by atomic mass is 127. The lowest BCUT2D eigenvalue weighted by Crippen LogP contribution is -1.90. The van der Waals surface area contributed by atoms with Gasteiger partial charge in [0.25, 0.3) is 0 Å². The molecule has 0 aliphatic carbocycles. The molecule has 3 N–H and O–H groups in total. The third kappa shape index (κ3) is 2.68. The van der Waals surface area contributed by atoms with Gasteiger partial charge < -0.3 is 5.73 Å². The fraction of sp³-hybridized carbons (Fsp3) is 0.118. The van der Waals surface area contributed by atoms with Gasteiger partial charge in [0.2, 0.25) is 0 Å². The molecule has 21 heavy (non-hydrogen) atoms. The summed E-state index contributed by atoms with van der Waals surface area (Å²) in [5.41, 5.74) is 12.8. The smallest absolute Gasteiger partial charge is 0.153 e. The Morgan fingerprint density at radius 2 is 1.81 bits per heavy atom. The van der Waals surface area contributed by atoms with Crippen molar-refractivity contribution in [2.24, 2.45) is 0 Å². The molecule has 0 fully saturated rings. The Morgan fingerprint density at radius 3 is 2.52 bits per heavy atom. The van der Waals surface area contributed by atoms with Crippen LogP contribution in [0.4, 0.5) is 5.82 Å². The van der Waals surface area contributed by atoms with Gasteiger partial charge >= 0.3 is 0 Å². The fourth-order valence-electron chi connectivity index (χ4n) is 2.40. The second-order valence-electron chi connectivity index (χ2n) is 5.17. The van der Waals surface area contributed by atoms with Crippen LogP contribution in [0.5, 0.6) is 0 Å². The summed E-state index contributed by atoms with van der Waals surface area (Å²) < 4.78 is 1.18. The number of aromatic nitrogens is 2. The van der Waals surface area contributed by atoms with Crippen molar-refractivity contribution in [1.82, 2.24) is 10.2 Å². The SMILES string of the molecule is Cc1ccc(-c2c(N)n[nH]c2-c2cccc(I)c2)cc1C. The molecule has 0 spiro atoms. The van der Waals surface area contributed by atoms with E-state index in [4.69, 9.17) is 5.73 Å². The number of aryl methyl sites for hydroxylation is 2. The maximum Gasteiger partial charge on any atom is 0.153 e. The Bertz CT molecular complexity index is 806. The number of halogens is 1. The molecule has 0 radical (unpaired) electrons. The van der Waals surface area contributed by atoms with Crippen molar-refractivity contribution in [3.63, 3.8) is 0 Å². The van der Waals surface area contributed by atoms with Crippen LogP contribution in [-0.2, 0) is 0 Å². The van der Waals surface area contributed by atoms with Crippen molar-refractivity contribution >= 4 is 28.4 Å². The molecule has 0 aliphatic rings. The van der Waals surface area contributed by atoms with E-state index in [9.17, 15) is 0 Å². The van der Waals surface area contributed by atoms with E-state index in [0.29, 0.717) is 5.82 Å². The molecule has 0 unspecified atom stereocenters. The minimum atomic E-state index is 0.534. The van der Waals surface area contributed by atoms with Gasteiger partial charge in [-0.3, -0.25) is 5.10 Å². The maximum atomic E-state index is 6.09. The van der Waals surface area contributed by atoms with Crippen LogP contribution in [0.3, 0.4) is 0 Å². The molecule has 3 aromatic rings. The monoisotopic (exact) mass is 389 g/mol. The molecule has 106 valence electrons. The van der Waals surface area contributed by atoms with E-state index in [1.54, 1.807) is 0 Å². The predicted molar refractivity (Wildman–Crippen MR) is 96.1 cm³/mol. The van der Waals surface area contributed by atoms with Crippen molar-refractivity contribution in [2.45, 2.75) is 13.8 Å². The van der Waals surface area contributed by atoms with Crippen molar-refractivity contribution in [1.29, 1.82) is 0 Å². The lowest BCUT2D eigenvalue weighted by atomic mass is 9.97. The normalized spacial score (nSPS) is 10.8. The summed E-state index contributed by atoms with van der Waals surface area (Å²) in [5.74, 6) is 0.534. The highest BCUT2D eigenvalue weighted by Crippen LogP contribution is 2.35. The molecule has 0 saturated heterocycles. The van der Waals surface area contributed by atoms with Crippen LogP contribution in [0.25, 0.3) is 22.4 Å². The number of nitrogen functional groups attached to an aromatic ring is 1. The number of hydrogen-bond acceptors (Lipinski definition) is 2. The Morgan fingerprint density at radius 1 is 1.00 bits per heavy atom. The Hall–Kier alpha value is -1.82. The summed E-state index contributed by atoms with van der Waals surface area (Å²) in [6.07, 6.45) is 0. The lowest BCUT2D eigenvalue weighted by Gasteiger charge is -2.08.